The highest BCUT2D eigenvalue weighted by molar-refractivity contribution is 7.89. The zero-order chi connectivity index (χ0) is 19.4. The van der Waals surface area contributed by atoms with E-state index in [0.717, 1.165) is 12.0 Å². The van der Waals surface area contributed by atoms with Crippen molar-refractivity contribution in [3.8, 4) is 0 Å². The lowest BCUT2D eigenvalue weighted by molar-refractivity contribution is -0.126. The average molecular weight is 382 g/mol. The normalized spacial score (nSPS) is 19.3. The molecule has 0 radical (unpaired) electrons. The molecule has 0 spiro atoms. The maximum absolute atomic E-state index is 13.0. The molecule has 26 heavy (non-hydrogen) atoms. The van der Waals surface area contributed by atoms with E-state index in [1.54, 1.807) is 12.1 Å². The zero-order valence-corrected chi connectivity index (χ0v) is 16.8. The van der Waals surface area contributed by atoms with E-state index in [-0.39, 0.29) is 28.7 Å². The number of benzene rings is 1. The van der Waals surface area contributed by atoms with Gasteiger partial charge in [0.1, 0.15) is 0 Å². The summed E-state index contributed by atoms with van der Waals surface area (Å²) < 4.78 is 27.4. The number of amides is 1. The van der Waals surface area contributed by atoms with Crippen LogP contribution in [0.5, 0.6) is 0 Å². The van der Waals surface area contributed by atoms with Gasteiger partial charge in [-0.05, 0) is 42.4 Å². The Kier molecular flexibility index (Phi) is 6.82. The molecule has 7 heteroatoms. The van der Waals surface area contributed by atoms with Crippen LogP contribution < -0.4 is 11.1 Å². The molecule has 0 saturated carbocycles. The Morgan fingerprint density at radius 1 is 1.31 bits per heavy atom. The van der Waals surface area contributed by atoms with Crippen molar-refractivity contribution in [2.45, 2.75) is 50.3 Å². The third-order valence-electron chi connectivity index (χ3n) is 5.36. The Morgan fingerprint density at radius 2 is 1.96 bits per heavy atom. The van der Waals surface area contributed by atoms with E-state index in [2.05, 4.69) is 26.1 Å². The second-order valence-electron chi connectivity index (χ2n) is 7.54. The number of carbonyl (C=O) groups is 1. The van der Waals surface area contributed by atoms with E-state index in [4.69, 9.17) is 5.73 Å². The fraction of sp³-hybridized carbons (Fsp3) is 0.632. The minimum Gasteiger partial charge on any atom is -0.355 e. The molecule has 1 atom stereocenters. The minimum absolute atomic E-state index is 0.0135. The van der Waals surface area contributed by atoms with E-state index in [9.17, 15) is 13.2 Å². The number of hydrogen-bond donors (Lipinski definition) is 2. The van der Waals surface area contributed by atoms with Crippen LogP contribution in [0.1, 0.15) is 45.6 Å². The van der Waals surface area contributed by atoms with Gasteiger partial charge in [-0.2, -0.15) is 4.31 Å². The number of carbonyl (C=O) groups excluding carboxylic acids is 1. The van der Waals surface area contributed by atoms with Crippen LogP contribution in [0.25, 0.3) is 0 Å². The van der Waals surface area contributed by atoms with Gasteiger partial charge in [0.15, 0.2) is 0 Å². The molecular weight excluding hydrogens is 350 g/mol. The lowest BCUT2D eigenvalue weighted by atomic mass is 9.82. The number of piperidine rings is 1. The summed E-state index contributed by atoms with van der Waals surface area (Å²) in [6, 6.07) is 7.15. The number of nitrogens with zero attached hydrogens (tertiary/aromatic N) is 1. The zero-order valence-electron chi connectivity index (χ0n) is 16.0. The Labute approximate surface area is 157 Å². The first-order valence-electron chi connectivity index (χ1n) is 9.31. The summed E-state index contributed by atoms with van der Waals surface area (Å²) in [6.07, 6.45) is 2.36. The predicted molar refractivity (Wildman–Crippen MR) is 103 cm³/mol. The molecule has 1 heterocycles. The van der Waals surface area contributed by atoms with Crippen molar-refractivity contribution < 1.29 is 13.2 Å². The fourth-order valence-electron chi connectivity index (χ4n) is 3.15. The molecule has 1 aliphatic rings. The van der Waals surface area contributed by atoms with Gasteiger partial charge in [-0.25, -0.2) is 8.42 Å². The van der Waals surface area contributed by atoms with Crippen LogP contribution in [0, 0.1) is 5.92 Å². The molecule has 1 aliphatic heterocycles. The summed E-state index contributed by atoms with van der Waals surface area (Å²) in [6.45, 7) is 7.87. The van der Waals surface area contributed by atoms with E-state index < -0.39 is 10.0 Å². The monoisotopic (exact) mass is 381 g/mol. The highest BCUT2D eigenvalue weighted by Gasteiger charge is 2.33. The predicted octanol–water partition coefficient (Wildman–Crippen LogP) is 1.85. The van der Waals surface area contributed by atoms with Gasteiger partial charge in [0.25, 0.3) is 0 Å². The summed E-state index contributed by atoms with van der Waals surface area (Å²) in [5.74, 6) is -0.432. The van der Waals surface area contributed by atoms with E-state index in [1.165, 1.54) is 4.31 Å². The lowest BCUT2D eigenvalue weighted by Gasteiger charge is -2.31. The fourth-order valence-corrected chi connectivity index (χ4v) is 4.67. The quantitative estimate of drug-likeness (QED) is 0.754. The van der Waals surface area contributed by atoms with E-state index in [0.29, 0.717) is 32.5 Å². The number of rotatable bonds is 7. The molecule has 1 aromatic rings. The second kappa shape index (κ2) is 8.50. The van der Waals surface area contributed by atoms with Crippen molar-refractivity contribution >= 4 is 15.9 Å². The first kappa shape index (κ1) is 20.9. The number of nitrogens with one attached hydrogen (secondary N) is 1. The van der Waals surface area contributed by atoms with E-state index >= 15 is 0 Å². The molecule has 0 bridgehead atoms. The van der Waals surface area contributed by atoms with Crippen molar-refractivity contribution in [1.82, 2.24) is 9.62 Å². The average Bonchev–Trinajstić information content (AvgIpc) is 2.66. The third-order valence-corrected chi connectivity index (χ3v) is 7.24. The van der Waals surface area contributed by atoms with Gasteiger partial charge in [0.05, 0.1) is 10.8 Å². The standard InChI is InChI=1S/C19H31N3O3S/c1-4-19(2,3)16-7-9-17(10-8-16)26(24,25)22-13-5-6-15(14-22)18(23)21-12-11-20/h7-10,15H,4-6,11-14,20H2,1-3H3,(H,21,23). The molecule has 1 saturated heterocycles. The summed E-state index contributed by atoms with van der Waals surface area (Å²) in [7, 11) is -3.59. The smallest absolute Gasteiger partial charge is 0.243 e. The van der Waals surface area contributed by atoms with Crippen LogP contribution in [-0.4, -0.2) is 44.8 Å². The van der Waals surface area contributed by atoms with Crippen LogP contribution in [0.3, 0.4) is 0 Å². The summed E-state index contributed by atoms with van der Waals surface area (Å²) in [5.41, 5.74) is 6.55. The van der Waals surface area contributed by atoms with Crippen molar-refractivity contribution in [2.75, 3.05) is 26.2 Å². The first-order chi connectivity index (χ1) is 12.2. The molecule has 1 amide bonds. The molecule has 1 fully saturated rings. The van der Waals surface area contributed by atoms with Gasteiger partial charge in [0.2, 0.25) is 15.9 Å². The van der Waals surface area contributed by atoms with Crippen molar-refractivity contribution in [3.05, 3.63) is 29.8 Å². The SMILES string of the molecule is CCC(C)(C)c1ccc(S(=O)(=O)N2CCCC(C(=O)NCCN)C2)cc1. The van der Waals surface area contributed by atoms with Crippen LogP contribution in [0.4, 0.5) is 0 Å². The molecule has 6 nitrogen and oxygen atoms in total. The summed E-state index contributed by atoms with van der Waals surface area (Å²) >= 11 is 0. The molecule has 1 aromatic carbocycles. The molecule has 0 aliphatic carbocycles. The number of sulfonamides is 1. The molecule has 146 valence electrons. The largest absolute Gasteiger partial charge is 0.355 e. The Hall–Kier alpha value is -1.44. The number of nitrogens with two attached hydrogens (primary N) is 1. The van der Waals surface area contributed by atoms with Crippen molar-refractivity contribution in [3.63, 3.8) is 0 Å². The Bertz CT molecular complexity index is 714. The van der Waals surface area contributed by atoms with Gasteiger partial charge in [-0.1, -0.05) is 32.9 Å². The second-order valence-corrected chi connectivity index (χ2v) is 9.48. The Balaban J connectivity index is 2.15. The van der Waals surface area contributed by atoms with Gasteiger partial charge >= 0.3 is 0 Å². The molecular formula is C19H31N3O3S. The van der Waals surface area contributed by atoms with Crippen molar-refractivity contribution in [1.29, 1.82) is 0 Å². The molecule has 0 aromatic heterocycles. The van der Waals surface area contributed by atoms with Gasteiger partial charge in [0, 0.05) is 26.2 Å². The number of hydrogen-bond acceptors (Lipinski definition) is 4. The molecule has 1 unspecified atom stereocenters. The highest BCUT2D eigenvalue weighted by atomic mass is 32.2. The summed E-state index contributed by atoms with van der Waals surface area (Å²) in [4.78, 5) is 12.5. The van der Waals surface area contributed by atoms with E-state index in [1.807, 2.05) is 12.1 Å². The van der Waals surface area contributed by atoms with Gasteiger partial charge < -0.3 is 11.1 Å². The Morgan fingerprint density at radius 3 is 2.54 bits per heavy atom. The molecule has 2 rings (SSSR count). The van der Waals surface area contributed by atoms with Crippen molar-refractivity contribution in [2.24, 2.45) is 11.7 Å². The van der Waals surface area contributed by atoms with Crippen LogP contribution in [-0.2, 0) is 20.2 Å². The lowest BCUT2D eigenvalue weighted by Crippen LogP contribution is -2.46. The first-order valence-corrected chi connectivity index (χ1v) is 10.7. The summed E-state index contributed by atoms with van der Waals surface area (Å²) in [5, 5.41) is 2.76. The van der Waals surface area contributed by atoms with Crippen LogP contribution >= 0.6 is 0 Å². The van der Waals surface area contributed by atoms with Gasteiger partial charge in [-0.3, -0.25) is 4.79 Å². The third kappa shape index (κ3) is 4.64. The topological polar surface area (TPSA) is 92.5 Å². The maximum atomic E-state index is 13.0. The van der Waals surface area contributed by atoms with Gasteiger partial charge in [-0.15, -0.1) is 0 Å². The molecule has 3 N–H and O–H groups in total. The van der Waals surface area contributed by atoms with Crippen LogP contribution in [0.15, 0.2) is 29.2 Å². The van der Waals surface area contributed by atoms with Crippen LogP contribution in [0.2, 0.25) is 0 Å². The highest BCUT2D eigenvalue weighted by Crippen LogP contribution is 2.29. The maximum Gasteiger partial charge on any atom is 0.243 e. The minimum atomic E-state index is -3.59.